The van der Waals surface area contributed by atoms with Crippen molar-refractivity contribution >= 4 is 5.91 Å². The number of ether oxygens (including phenoxy) is 2. The van der Waals surface area contributed by atoms with Crippen LogP contribution in [0, 0.1) is 6.92 Å². The van der Waals surface area contributed by atoms with Crippen LogP contribution < -0.4 is 14.8 Å². The smallest absolute Gasteiger partial charge is 0.253 e. The number of methoxy groups -OCH3 is 2. The lowest BCUT2D eigenvalue weighted by molar-refractivity contribution is 0.0946. The van der Waals surface area contributed by atoms with Crippen LogP contribution in [0.15, 0.2) is 54.6 Å². The highest BCUT2D eigenvalue weighted by atomic mass is 16.5. The molecule has 1 saturated heterocycles. The van der Waals surface area contributed by atoms with Crippen molar-refractivity contribution in [3.63, 3.8) is 0 Å². The molecule has 0 spiro atoms. The molecule has 2 aromatic carbocycles. The van der Waals surface area contributed by atoms with Crippen molar-refractivity contribution in [1.29, 1.82) is 0 Å². The van der Waals surface area contributed by atoms with E-state index in [2.05, 4.69) is 26.9 Å². The summed E-state index contributed by atoms with van der Waals surface area (Å²) in [5, 5.41) is 3.13. The molecule has 0 radical (unpaired) electrons. The SMILES string of the molecule is COc1ccc(-n2c(-c3ccccc3)cc(C(=O)NCCN3CCCCC3)c2C)c(OC)c1. The van der Waals surface area contributed by atoms with E-state index in [0.29, 0.717) is 17.9 Å². The van der Waals surface area contributed by atoms with Crippen LogP contribution in [-0.4, -0.2) is 55.8 Å². The molecule has 1 fully saturated rings. The van der Waals surface area contributed by atoms with E-state index in [9.17, 15) is 4.79 Å². The van der Waals surface area contributed by atoms with Gasteiger partial charge in [-0.1, -0.05) is 36.8 Å². The van der Waals surface area contributed by atoms with Crippen LogP contribution in [0.4, 0.5) is 0 Å². The van der Waals surface area contributed by atoms with Gasteiger partial charge in [-0.25, -0.2) is 0 Å². The molecular formula is C27H33N3O3. The van der Waals surface area contributed by atoms with Crippen LogP contribution >= 0.6 is 0 Å². The first-order valence-corrected chi connectivity index (χ1v) is 11.6. The third kappa shape index (κ3) is 5.06. The lowest BCUT2D eigenvalue weighted by Crippen LogP contribution is -2.37. The fourth-order valence-electron chi connectivity index (χ4n) is 4.54. The molecule has 2 heterocycles. The van der Waals surface area contributed by atoms with Gasteiger partial charge in [0.25, 0.3) is 5.91 Å². The van der Waals surface area contributed by atoms with Gasteiger partial charge in [0.15, 0.2) is 0 Å². The zero-order valence-corrected chi connectivity index (χ0v) is 19.8. The summed E-state index contributed by atoms with van der Waals surface area (Å²) in [4.78, 5) is 15.6. The number of piperidine rings is 1. The number of hydrogen-bond donors (Lipinski definition) is 1. The molecule has 6 nitrogen and oxygen atoms in total. The molecule has 174 valence electrons. The number of carbonyl (C=O) groups excluding carboxylic acids is 1. The van der Waals surface area contributed by atoms with E-state index >= 15 is 0 Å². The Labute approximate surface area is 196 Å². The predicted octanol–water partition coefficient (Wildman–Crippen LogP) is 4.69. The minimum Gasteiger partial charge on any atom is -0.497 e. The Morgan fingerprint density at radius 1 is 0.970 bits per heavy atom. The molecule has 3 aromatic rings. The maximum absolute atomic E-state index is 13.2. The minimum atomic E-state index is -0.0482. The number of benzene rings is 2. The van der Waals surface area contributed by atoms with Crippen molar-refractivity contribution < 1.29 is 14.3 Å². The number of nitrogens with one attached hydrogen (secondary N) is 1. The van der Waals surface area contributed by atoms with Crippen LogP contribution in [0.5, 0.6) is 11.5 Å². The first-order valence-electron chi connectivity index (χ1n) is 11.6. The summed E-state index contributed by atoms with van der Waals surface area (Å²) in [7, 11) is 3.28. The fourth-order valence-corrected chi connectivity index (χ4v) is 4.54. The summed E-state index contributed by atoms with van der Waals surface area (Å²) in [5.74, 6) is 1.35. The van der Waals surface area contributed by atoms with Gasteiger partial charge >= 0.3 is 0 Å². The summed E-state index contributed by atoms with van der Waals surface area (Å²) in [6, 6.07) is 17.8. The number of carbonyl (C=O) groups is 1. The van der Waals surface area contributed by atoms with Gasteiger partial charge in [0.2, 0.25) is 0 Å². The maximum Gasteiger partial charge on any atom is 0.253 e. The van der Waals surface area contributed by atoms with Crippen molar-refractivity contribution in [1.82, 2.24) is 14.8 Å². The van der Waals surface area contributed by atoms with E-state index in [4.69, 9.17) is 9.47 Å². The van der Waals surface area contributed by atoms with Crippen LogP contribution in [-0.2, 0) is 0 Å². The summed E-state index contributed by atoms with van der Waals surface area (Å²) in [6.45, 7) is 5.77. The van der Waals surface area contributed by atoms with Crippen molar-refractivity contribution in [2.45, 2.75) is 26.2 Å². The molecule has 0 unspecified atom stereocenters. The molecule has 1 amide bonds. The molecular weight excluding hydrogens is 414 g/mol. The molecule has 0 aliphatic carbocycles. The Morgan fingerprint density at radius 3 is 2.42 bits per heavy atom. The van der Waals surface area contributed by atoms with E-state index in [-0.39, 0.29) is 5.91 Å². The number of rotatable bonds is 8. The second kappa shape index (κ2) is 10.6. The monoisotopic (exact) mass is 447 g/mol. The van der Waals surface area contributed by atoms with E-state index < -0.39 is 0 Å². The Morgan fingerprint density at radius 2 is 1.73 bits per heavy atom. The van der Waals surface area contributed by atoms with Crippen molar-refractivity contribution in [2.24, 2.45) is 0 Å². The largest absolute Gasteiger partial charge is 0.497 e. The molecule has 1 aromatic heterocycles. The molecule has 0 bridgehead atoms. The number of aromatic nitrogens is 1. The zero-order valence-electron chi connectivity index (χ0n) is 19.8. The average molecular weight is 448 g/mol. The van der Waals surface area contributed by atoms with Crippen LogP contribution in [0.25, 0.3) is 16.9 Å². The summed E-state index contributed by atoms with van der Waals surface area (Å²) in [5.41, 5.74) is 4.38. The van der Waals surface area contributed by atoms with Crippen molar-refractivity contribution in [3.05, 3.63) is 65.9 Å². The number of nitrogens with zero attached hydrogens (tertiary/aromatic N) is 2. The van der Waals surface area contributed by atoms with Gasteiger partial charge in [0.05, 0.1) is 31.2 Å². The Balaban J connectivity index is 1.67. The second-order valence-electron chi connectivity index (χ2n) is 8.43. The lowest BCUT2D eigenvalue weighted by Gasteiger charge is -2.26. The van der Waals surface area contributed by atoms with Gasteiger partial charge in [0, 0.05) is 24.8 Å². The van der Waals surface area contributed by atoms with Gasteiger partial charge < -0.3 is 24.3 Å². The van der Waals surface area contributed by atoms with E-state index in [1.54, 1.807) is 14.2 Å². The van der Waals surface area contributed by atoms with E-state index in [1.807, 2.05) is 49.4 Å². The number of hydrogen-bond acceptors (Lipinski definition) is 4. The van der Waals surface area contributed by atoms with Gasteiger partial charge in [0.1, 0.15) is 11.5 Å². The van der Waals surface area contributed by atoms with Crippen molar-refractivity contribution in [3.8, 4) is 28.4 Å². The molecule has 0 atom stereocenters. The number of amides is 1. The topological polar surface area (TPSA) is 55.7 Å². The Bertz CT molecular complexity index is 1090. The maximum atomic E-state index is 13.2. The highest BCUT2D eigenvalue weighted by molar-refractivity contribution is 5.97. The molecule has 33 heavy (non-hydrogen) atoms. The summed E-state index contributed by atoms with van der Waals surface area (Å²) >= 11 is 0. The normalized spacial score (nSPS) is 14.2. The van der Waals surface area contributed by atoms with E-state index in [1.165, 1.54) is 19.3 Å². The molecule has 6 heteroatoms. The van der Waals surface area contributed by atoms with Gasteiger partial charge in [-0.3, -0.25) is 4.79 Å². The molecule has 4 rings (SSSR count). The fraction of sp³-hybridized carbons (Fsp3) is 0.370. The Hall–Kier alpha value is -3.25. The third-order valence-electron chi connectivity index (χ3n) is 6.35. The Kier molecular flexibility index (Phi) is 7.35. The molecule has 1 aliphatic heterocycles. The van der Waals surface area contributed by atoms with Gasteiger partial charge in [-0.05, 0) is 56.6 Å². The first-order chi connectivity index (χ1) is 16.1. The highest BCUT2D eigenvalue weighted by Gasteiger charge is 2.22. The minimum absolute atomic E-state index is 0.0482. The third-order valence-corrected chi connectivity index (χ3v) is 6.35. The quantitative estimate of drug-likeness (QED) is 0.545. The molecule has 1 N–H and O–H groups in total. The van der Waals surface area contributed by atoms with Crippen LogP contribution in [0.1, 0.15) is 35.3 Å². The first kappa shape index (κ1) is 22.9. The predicted molar refractivity (Wildman–Crippen MR) is 132 cm³/mol. The van der Waals surface area contributed by atoms with Gasteiger partial charge in [-0.15, -0.1) is 0 Å². The molecule has 0 saturated carbocycles. The zero-order chi connectivity index (χ0) is 23.2. The lowest BCUT2D eigenvalue weighted by atomic mass is 10.1. The van der Waals surface area contributed by atoms with Crippen LogP contribution in [0.3, 0.4) is 0 Å². The second-order valence-corrected chi connectivity index (χ2v) is 8.43. The number of likely N-dealkylation sites (tertiary alicyclic amines) is 1. The van der Waals surface area contributed by atoms with Crippen LogP contribution in [0.2, 0.25) is 0 Å². The highest BCUT2D eigenvalue weighted by Crippen LogP contribution is 2.35. The standard InChI is InChI=1S/C27H33N3O3/c1-20-23(27(31)28-14-17-29-15-8-5-9-16-29)19-25(21-10-6-4-7-11-21)30(20)24-13-12-22(32-2)18-26(24)33-3/h4,6-7,10-13,18-19H,5,8-9,14-17H2,1-3H3,(H,28,31). The molecule has 1 aliphatic rings. The summed E-state index contributed by atoms with van der Waals surface area (Å²) in [6.07, 6.45) is 3.81. The van der Waals surface area contributed by atoms with Gasteiger partial charge in [-0.2, -0.15) is 0 Å². The summed E-state index contributed by atoms with van der Waals surface area (Å²) < 4.78 is 13.1. The van der Waals surface area contributed by atoms with E-state index in [0.717, 1.165) is 48.0 Å². The average Bonchev–Trinajstić information content (AvgIpc) is 3.21. The van der Waals surface area contributed by atoms with Crippen molar-refractivity contribution in [2.75, 3.05) is 40.4 Å².